The van der Waals surface area contributed by atoms with Gasteiger partial charge in [0.25, 0.3) is 0 Å². The third kappa shape index (κ3) is 8.15. The first-order valence-electron chi connectivity index (χ1n) is 7.73. The predicted octanol–water partition coefficient (Wildman–Crippen LogP) is 3.99. The molecule has 6 heteroatoms. The minimum atomic E-state index is 0. The van der Waals surface area contributed by atoms with E-state index in [4.69, 9.17) is 4.74 Å². The number of hydrogen-bond donors (Lipinski definition) is 2. The van der Waals surface area contributed by atoms with Crippen molar-refractivity contribution in [2.24, 2.45) is 4.99 Å². The SMILES string of the molecule is CN=C(NCCCCSC)NC(C)c1cc(C)ccc1OC.I. The Morgan fingerprint density at radius 3 is 2.70 bits per heavy atom. The number of guanidine groups is 1. The van der Waals surface area contributed by atoms with Gasteiger partial charge in [-0.15, -0.1) is 24.0 Å². The molecule has 0 aliphatic rings. The van der Waals surface area contributed by atoms with Crippen molar-refractivity contribution in [3.05, 3.63) is 29.3 Å². The molecular weight excluding hydrogens is 421 g/mol. The van der Waals surface area contributed by atoms with Crippen LogP contribution >= 0.6 is 35.7 Å². The topological polar surface area (TPSA) is 45.7 Å². The van der Waals surface area contributed by atoms with Crippen LogP contribution in [-0.4, -0.2) is 38.7 Å². The molecule has 0 amide bonds. The number of nitrogens with one attached hydrogen (secondary N) is 2. The van der Waals surface area contributed by atoms with Gasteiger partial charge in [0, 0.05) is 19.2 Å². The molecular formula is C17H30IN3OS. The van der Waals surface area contributed by atoms with Crippen molar-refractivity contribution < 1.29 is 4.74 Å². The summed E-state index contributed by atoms with van der Waals surface area (Å²) in [5.41, 5.74) is 2.37. The Labute approximate surface area is 162 Å². The number of methoxy groups -OCH3 is 1. The van der Waals surface area contributed by atoms with E-state index in [1.165, 1.54) is 17.7 Å². The van der Waals surface area contributed by atoms with Crippen LogP contribution in [0.25, 0.3) is 0 Å². The zero-order valence-corrected chi connectivity index (χ0v) is 18.0. The van der Waals surface area contributed by atoms with Crippen LogP contribution in [0.2, 0.25) is 0 Å². The number of rotatable bonds is 8. The minimum absolute atomic E-state index is 0. The van der Waals surface area contributed by atoms with Gasteiger partial charge in [-0.3, -0.25) is 4.99 Å². The second-order valence-electron chi connectivity index (χ2n) is 5.31. The Hall–Kier alpha value is -0.630. The summed E-state index contributed by atoms with van der Waals surface area (Å²) in [5.74, 6) is 2.95. The lowest BCUT2D eigenvalue weighted by Gasteiger charge is -2.20. The van der Waals surface area contributed by atoms with E-state index in [9.17, 15) is 0 Å². The van der Waals surface area contributed by atoms with Crippen molar-refractivity contribution in [3.8, 4) is 5.75 Å². The number of thioether (sulfide) groups is 1. The van der Waals surface area contributed by atoms with Crippen LogP contribution in [0.1, 0.15) is 36.9 Å². The highest BCUT2D eigenvalue weighted by molar-refractivity contribution is 14.0. The standard InChI is InChI=1S/C17H29N3OS.HI/c1-13-8-9-16(21-4)15(12-13)14(2)20-17(18-3)19-10-6-7-11-22-5;/h8-9,12,14H,6-7,10-11H2,1-5H3,(H2,18,19,20);1H. The maximum absolute atomic E-state index is 5.46. The molecule has 1 unspecified atom stereocenters. The molecule has 0 aliphatic heterocycles. The van der Waals surface area contributed by atoms with Gasteiger partial charge in [-0.2, -0.15) is 11.8 Å². The highest BCUT2D eigenvalue weighted by Crippen LogP contribution is 2.25. The molecule has 0 heterocycles. The van der Waals surface area contributed by atoms with E-state index in [1.54, 1.807) is 14.2 Å². The molecule has 0 aliphatic carbocycles. The zero-order chi connectivity index (χ0) is 16.4. The minimum Gasteiger partial charge on any atom is -0.496 e. The molecule has 1 aromatic carbocycles. The first-order chi connectivity index (χ1) is 10.6. The molecule has 0 spiro atoms. The monoisotopic (exact) mass is 451 g/mol. The Balaban J connectivity index is 0.00000484. The number of aliphatic imine (C=N–C) groups is 1. The fraction of sp³-hybridized carbons (Fsp3) is 0.588. The number of aryl methyl sites for hydroxylation is 1. The van der Waals surface area contributed by atoms with Crippen LogP contribution in [-0.2, 0) is 0 Å². The van der Waals surface area contributed by atoms with Gasteiger partial charge in [0.15, 0.2) is 5.96 Å². The summed E-state index contributed by atoms with van der Waals surface area (Å²) < 4.78 is 5.46. The maximum atomic E-state index is 5.46. The van der Waals surface area contributed by atoms with Crippen molar-refractivity contribution in [1.82, 2.24) is 10.6 Å². The van der Waals surface area contributed by atoms with Gasteiger partial charge in [0.1, 0.15) is 5.75 Å². The lowest BCUT2D eigenvalue weighted by atomic mass is 10.0. The molecule has 1 rings (SSSR count). The third-order valence-corrected chi connectivity index (χ3v) is 4.19. The van der Waals surface area contributed by atoms with Crippen LogP contribution in [0, 0.1) is 6.92 Å². The second-order valence-corrected chi connectivity index (χ2v) is 6.30. The summed E-state index contributed by atoms with van der Waals surface area (Å²) in [6.07, 6.45) is 4.53. The summed E-state index contributed by atoms with van der Waals surface area (Å²) in [7, 11) is 3.51. The molecule has 4 nitrogen and oxygen atoms in total. The first-order valence-corrected chi connectivity index (χ1v) is 9.12. The molecule has 0 radical (unpaired) electrons. The number of unbranched alkanes of at least 4 members (excludes halogenated alkanes) is 1. The second kappa shape index (κ2) is 12.8. The van der Waals surface area contributed by atoms with Crippen LogP contribution in [0.5, 0.6) is 5.75 Å². The normalized spacial score (nSPS) is 12.3. The Morgan fingerprint density at radius 1 is 1.35 bits per heavy atom. The smallest absolute Gasteiger partial charge is 0.191 e. The number of halogens is 1. The van der Waals surface area contributed by atoms with Gasteiger partial charge in [-0.05, 0) is 44.8 Å². The number of nitrogens with zero attached hydrogens (tertiary/aromatic N) is 1. The van der Waals surface area contributed by atoms with E-state index >= 15 is 0 Å². The number of ether oxygens (including phenoxy) is 1. The highest BCUT2D eigenvalue weighted by Gasteiger charge is 2.13. The fourth-order valence-corrected chi connectivity index (χ4v) is 2.74. The molecule has 1 atom stereocenters. The predicted molar refractivity (Wildman–Crippen MR) is 114 cm³/mol. The Bertz CT molecular complexity index is 483. The van der Waals surface area contributed by atoms with Crippen molar-refractivity contribution in [2.45, 2.75) is 32.7 Å². The quantitative estimate of drug-likeness (QED) is 0.272. The number of hydrogen-bond acceptors (Lipinski definition) is 3. The van der Waals surface area contributed by atoms with E-state index in [0.717, 1.165) is 30.2 Å². The average molecular weight is 451 g/mol. The molecule has 0 fully saturated rings. The van der Waals surface area contributed by atoms with E-state index in [0.29, 0.717) is 0 Å². The maximum Gasteiger partial charge on any atom is 0.191 e. The summed E-state index contributed by atoms with van der Waals surface area (Å²) in [5, 5.41) is 6.80. The van der Waals surface area contributed by atoms with Crippen molar-refractivity contribution >= 4 is 41.7 Å². The highest BCUT2D eigenvalue weighted by atomic mass is 127. The van der Waals surface area contributed by atoms with Crippen molar-refractivity contribution in [2.75, 3.05) is 32.7 Å². The Morgan fingerprint density at radius 2 is 2.09 bits per heavy atom. The van der Waals surface area contributed by atoms with Crippen LogP contribution < -0.4 is 15.4 Å². The Kier molecular flexibility index (Phi) is 12.4. The fourth-order valence-electron chi connectivity index (χ4n) is 2.25. The summed E-state index contributed by atoms with van der Waals surface area (Å²) in [6, 6.07) is 6.37. The van der Waals surface area contributed by atoms with Crippen molar-refractivity contribution in [3.63, 3.8) is 0 Å². The van der Waals surface area contributed by atoms with E-state index in [-0.39, 0.29) is 30.0 Å². The summed E-state index contributed by atoms with van der Waals surface area (Å²) in [6.45, 7) is 5.16. The molecule has 132 valence electrons. The molecule has 1 aromatic rings. The van der Waals surface area contributed by atoms with Crippen LogP contribution in [0.15, 0.2) is 23.2 Å². The van der Waals surface area contributed by atoms with Gasteiger partial charge >= 0.3 is 0 Å². The molecule has 0 aromatic heterocycles. The molecule has 0 bridgehead atoms. The van der Waals surface area contributed by atoms with Gasteiger partial charge < -0.3 is 15.4 Å². The number of benzene rings is 1. The lowest BCUT2D eigenvalue weighted by Crippen LogP contribution is -2.39. The summed E-state index contributed by atoms with van der Waals surface area (Å²) >= 11 is 1.89. The van der Waals surface area contributed by atoms with Crippen LogP contribution in [0.3, 0.4) is 0 Å². The van der Waals surface area contributed by atoms with E-state index in [1.807, 2.05) is 17.8 Å². The molecule has 23 heavy (non-hydrogen) atoms. The summed E-state index contributed by atoms with van der Waals surface area (Å²) in [4.78, 5) is 4.30. The van der Waals surface area contributed by atoms with Gasteiger partial charge in [-0.1, -0.05) is 17.7 Å². The largest absolute Gasteiger partial charge is 0.496 e. The van der Waals surface area contributed by atoms with Crippen molar-refractivity contribution in [1.29, 1.82) is 0 Å². The molecule has 2 N–H and O–H groups in total. The van der Waals surface area contributed by atoms with Gasteiger partial charge in [-0.25, -0.2) is 0 Å². The van der Waals surface area contributed by atoms with Gasteiger partial charge in [0.05, 0.1) is 13.2 Å². The van der Waals surface area contributed by atoms with E-state index < -0.39 is 0 Å². The van der Waals surface area contributed by atoms with Gasteiger partial charge in [0.2, 0.25) is 0 Å². The zero-order valence-electron chi connectivity index (χ0n) is 14.8. The molecule has 0 saturated heterocycles. The third-order valence-electron chi connectivity index (χ3n) is 3.50. The van der Waals surface area contributed by atoms with Crippen LogP contribution in [0.4, 0.5) is 0 Å². The lowest BCUT2D eigenvalue weighted by molar-refractivity contribution is 0.405. The first kappa shape index (κ1) is 22.4. The van der Waals surface area contributed by atoms with E-state index in [2.05, 4.69) is 47.9 Å². The average Bonchev–Trinajstić information content (AvgIpc) is 2.53. The molecule has 0 saturated carbocycles.